The second kappa shape index (κ2) is 5.97. The summed E-state index contributed by atoms with van der Waals surface area (Å²) >= 11 is 1.57. The molecule has 2 rings (SSSR count). The fraction of sp³-hybridized carbons (Fsp3) is 0.500. The van der Waals surface area contributed by atoms with Crippen LogP contribution in [0, 0.1) is 0 Å². The normalized spacial score (nSPS) is 11.0. The maximum Gasteiger partial charge on any atom is 0.260 e. The van der Waals surface area contributed by atoms with Crippen molar-refractivity contribution < 1.29 is 9.26 Å². The van der Waals surface area contributed by atoms with E-state index < -0.39 is 0 Å². The first-order valence-corrected chi connectivity index (χ1v) is 6.76. The van der Waals surface area contributed by atoms with E-state index >= 15 is 0 Å². The lowest BCUT2D eigenvalue weighted by Crippen LogP contribution is -1.94. The molecule has 2 heterocycles. The number of nitrogens with zero attached hydrogens (tertiary/aromatic N) is 2. The summed E-state index contributed by atoms with van der Waals surface area (Å²) in [7, 11) is 1.68. The molecule has 0 saturated carbocycles. The van der Waals surface area contributed by atoms with Gasteiger partial charge in [-0.2, -0.15) is 4.98 Å². The molecule has 0 aromatic carbocycles. The van der Waals surface area contributed by atoms with Crippen LogP contribution < -0.4 is 5.73 Å². The van der Waals surface area contributed by atoms with Crippen LogP contribution in [-0.4, -0.2) is 23.9 Å². The van der Waals surface area contributed by atoms with E-state index in [9.17, 15) is 0 Å². The summed E-state index contributed by atoms with van der Waals surface area (Å²) in [4.78, 5) is 5.58. The molecule has 6 heteroatoms. The molecule has 98 valence electrons. The Labute approximate surface area is 110 Å². The predicted molar refractivity (Wildman–Crippen MR) is 71.6 cm³/mol. The Bertz CT molecular complexity index is 507. The lowest BCUT2D eigenvalue weighted by molar-refractivity contribution is 0.194. The van der Waals surface area contributed by atoms with Crippen LogP contribution in [-0.2, 0) is 17.6 Å². The number of methoxy groups -OCH3 is 1. The number of aromatic nitrogens is 2. The zero-order valence-electron chi connectivity index (χ0n) is 10.6. The first-order valence-electron chi connectivity index (χ1n) is 5.94. The zero-order valence-corrected chi connectivity index (χ0v) is 11.4. The summed E-state index contributed by atoms with van der Waals surface area (Å²) in [5.74, 6) is 1.21. The molecule has 18 heavy (non-hydrogen) atoms. The van der Waals surface area contributed by atoms with Gasteiger partial charge in [0.1, 0.15) is 0 Å². The molecule has 0 spiro atoms. The maximum absolute atomic E-state index is 5.95. The number of rotatable bonds is 6. The molecule has 5 nitrogen and oxygen atoms in total. The van der Waals surface area contributed by atoms with Crippen molar-refractivity contribution in [3.8, 4) is 11.5 Å². The molecule has 2 N–H and O–H groups in total. The van der Waals surface area contributed by atoms with Gasteiger partial charge in [0.2, 0.25) is 0 Å². The van der Waals surface area contributed by atoms with Crippen LogP contribution >= 0.6 is 11.3 Å². The van der Waals surface area contributed by atoms with E-state index in [4.69, 9.17) is 15.0 Å². The average Bonchev–Trinajstić information content (AvgIpc) is 2.96. The number of aryl methyl sites for hydroxylation is 2. The van der Waals surface area contributed by atoms with Crippen LogP contribution in [0.2, 0.25) is 0 Å². The maximum atomic E-state index is 5.95. The largest absolute Gasteiger partial charge is 0.390 e. The highest BCUT2D eigenvalue weighted by Gasteiger charge is 2.14. The Hall–Kier alpha value is -1.40. The Kier molecular flexibility index (Phi) is 4.33. The van der Waals surface area contributed by atoms with Gasteiger partial charge in [-0.3, -0.25) is 0 Å². The molecule has 2 aromatic rings. The van der Waals surface area contributed by atoms with Gasteiger partial charge in [-0.05, 0) is 18.9 Å². The lowest BCUT2D eigenvalue weighted by Gasteiger charge is -1.93. The van der Waals surface area contributed by atoms with Crippen molar-refractivity contribution >= 4 is 16.3 Å². The van der Waals surface area contributed by atoms with Crippen molar-refractivity contribution in [2.75, 3.05) is 19.5 Å². The summed E-state index contributed by atoms with van der Waals surface area (Å²) in [6.07, 6.45) is 2.60. The molecule has 0 aliphatic carbocycles. The zero-order chi connectivity index (χ0) is 13.0. The standard InChI is InChI=1S/C12H17N3O2S/c1-3-8-7-9(11(13)18-8)12-14-10(15-17-12)5-4-6-16-2/h7H,3-6,13H2,1-2H3. The number of hydrogen-bond donors (Lipinski definition) is 1. The predicted octanol–water partition coefficient (Wildman–Crippen LogP) is 2.52. The number of anilines is 1. The molecule has 0 bridgehead atoms. The van der Waals surface area contributed by atoms with E-state index in [0.29, 0.717) is 18.3 Å². The van der Waals surface area contributed by atoms with Gasteiger partial charge in [-0.1, -0.05) is 12.1 Å². The molecule has 0 unspecified atom stereocenters. The number of ether oxygens (including phenoxy) is 1. The van der Waals surface area contributed by atoms with Gasteiger partial charge in [0.15, 0.2) is 5.82 Å². The van der Waals surface area contributed by atoms with Crippen molar-refractivity contribution in [2.24, 2.45) is 0 Å². The molecule has 0 radical (unpaired) electrons. The highest BCUT2D eigenvalue weighted by Crippen LogP contribution is 2.33. The molecular weight excluding hydrogens is 250 g/mol. The third kappa shape index (κ3) is 2.88. The monoisotopic (exact) mass is 267 g/mol. The second-order valence-corrected chi connectivity index (χ2v) is 5.12. The molecule has 0 atom stereocenters. The summed E-state index contributed by atoms with van der Waals surface area (Å²) in [6, 6.07) is 2.02. The van der Waals surface area contributed by atoms with Crippen molar-refractivity contribution in [1.82, 2.24) is 10.1 Å². The van der Waals surface area contributed by atoms with Crippen LogP contribution in [0.5, 0.6) is 0 Å². The Morgan fingerprint density at radius 1 is 1.50 bits per heavy atom. The third-order valence-electron chi connectivity index (χ3n) is 2.61. The van der Waals surface area contributed by atoms with E-state index in [1.54, 1.807) is 18.4 Å². The quantitative estimate of drug-likeness (QED) is 0.814. The first-order chi connectivity index (χ1) is 8.74. The van der Waals surface area contributed by atoms with Gasteiger partial charge >= 0.3 is 0 Å². The van der Waals surface area contributed by atoms with Gasteiger partial charge in [0.05, 0.1) is 10.6 Å². The molecule has 0 amide bonds. The Balaban J connectivity index is 2.11. The molecule has 0 aliphatic rings. The van der Waals surface area contributed by atoms with Crippen LogP contribution in [0.1, 0.15) is 24.0 Å². The van der Waals surface area contributed by atoms with Gasteiger partial charge < -0.3 is 15.0 Å². The Morgan fingerprint density at radius 3 is 3.00 bits per heavy atom. The summed E-state index contributed by atoms with van der Waals surface area (Å²) in [5.41, 5.74) is 6.80. The van der Waals surface area contributed by atoms with Crippen molar-refractivity contribution in [1.29, 1.82) is 0 Å². The van der Waals surface area contributed by atoms with Crippen LogP contribution in [0.3, 0.4) is 0 Å². The van der Waals surface area contributed by atoms with Crippen LogP contribution in [0.25, 0.3) is 11.5 Å². The topological polar surface area (TPSA) is 74.2 Å². The highest BCUT2D eigenvalue weighted by atomic mass is 32.1. The summed E-state index contributed by atoms with van der Waals surface area (Å²) in [5, 5.41) is 4.68. The summed E-state index contributed by atoms with van der Waals surface area (Å²) in [6.45, 7) is 2.80. The third-order valence-corrected chi connectivity index (χ3v) is 3.72. The van der Waals surface area contributed by atoms with Crippen molar-refractivity contribution in [2.45, 2.75) is 26.2 Å². The highest BCUT2D eigenvalue weighted by molar-refractivity contribution is 7.16. The SMILES string of the molecule is CCc1cc(-c2nc(CCCOC)no2)c(N)s1. The molecule has 2 aromatic heterocycles. The number of nitrogens with two attached hydrogens (primary N) is 1. The Morgan fingerprint density at radius 2 is 2.33 bits per heavy atom. The van der Waals surface area contributed by atoms with E-state index in [1.165, 1.54) is 4.88 Å². The van der Waals surface area contributed by atoms with Gasteiger partial charge in [-0.15, -0.1) is 11.3 Å². The van der Waals surface area contributed by atoms with Crippen molar-refractivity contribution in [3.05, 3.63) is 16.8 Å². The number of nitrogen functional groups attached to an aromatic ring is 1. The fourth-order valence-electron chi connectivity index (χ4n) is 1.64. The first kappa shape index (κ1) is 13.0. The fourth-order valence-corrected chi connectivity index (χ4v) is 2.50. The van der Waals surface area contributed by atoms with E-state index in [1.807, 2.05) is 6.07 Å². The smallest absolute Gasteiger partial charge is 0.260 e. The minimum atomic E-state index is 0.510. The van der Waals surface area contributed by atoms with E-state index in [-0.39, 0.29) is 0 Å². The number of hydrogen-bond acceptors (Lipinski definition) is 6. The van der Waals surface area contributed by atoms with E-state index in [0.717, 1.165) is 29.8 Å². The minimum absolute atomic E-state index is 0.510. The average molecular weight is 267 g/mol. The second-order valence-electron chi connectivity index (χ2n) is 3.96. The molecule has 0 aliphatic heterocycles. The molecular formula is C12H17N3O2S. The van der Waals surface area contributed by atoms with Crippen molar-refractivity contribution in [3.63, 3.8) is 0 Å². The van der Waals surface area contributed by atoms with Crippen LogP contribution in [0.15, 0.2) is 10.6 Å². The van der Waals surface area contributed by atoms with E-state index in [2.05, 4.69) is 17.1 Å². The van der Waals surface area contributed by atoms with Gasteiger partial charge in [0, 0.05) is 25.0 Å². The number of thiophene rings is 1. The molecule has 0 fully saturated rings. The van der Waals surface area contributed by atoms with Gasteiger partial charge in [0.25, 0.3) is 5.89 Å². The lowest BCUT2D eigenvalue weighted by atomic mass is 10.2. The minimum Gasteiger partial charge on any atom is -0.390 e. The summed E-state index contributed by atoms with van der Waals surface area (Å²) < 4.78 is 10.2. The molecule has 0 saturated heterocycles. The van der Waals surface area contributed by atoms with Crippen LogP contribution in [0.4, 0.5) is 5.00 Å². The van der Waals surface area contributed by atoms with Gasteiger partial charge in [-0.25, -0.2) is 0 Å².